The molecule has 152 valence electrons. The average molecular weight is 393 g/mol. The number of carbonyl (C=O) groups excluding carboxylic acids is 1. The minimum atomic E-state index is 0.206. The number of rotatable bonds is 6. The van der Waals surface area contributed by atoms with E-state index in [4.69, 9.17) is 0 Å². The fourth-order valence-corrected chi connectivity index (χ4v) is 4.06. The van der Waals surface area contributed by atoms with Gasteiger partial charge in [-0.15, -0.1) is 0 Å². The van der Waals surface area contributed by atoms with Crippen LogP contribution in [-0.2, 0) is 17.8 Å². The van der Waals surface area contributed by atoms with Crippen molar-refractivity contribution in [2.45, 2.75) is 52.0 Å². The van der Waals surface area contributed by atoms with E-state index in [1.807, 2.05) is 48.6 Å². The molecule has 3 aromatic heterocycles. The van der Waals surface area contributed by atoms with Crippen molar-refractivity contribution < 1.29 is 4.79 Å². The van der Waals surface area contributed by atoms with Gasteiger partial charge in [0.15, 0.2) is 0 Å². The Kier molecular flexibility index (Phi) is 5.74. The molecule has 1 amide bonds. The topological polar surface area (TPSA) is 79.7 Å². The number of piperidine rings is 1. The first kappa shape index (κ1) is 19.4. The predicted octanol–water partition coefficient (Wildman–Crippen LogP) is 3.01. The lowest BCUT2D eigenvalue weighted by atomic mass is 9.96. The van der Waals surface area contributed by atoms with Crippen LogP contribution in [0.4, 0.5) is 0 Å². The van der Waals surface area contributed by atoms with Gasteiger partial charge in [0.2, 0.25) is 5.91 Å². The van der Waals surface area contributed by atoms with Crippen LogP contribution in [0.3, 0.4) is 0 Å². The number of H-pyrrole nitrogens is 1. The van der Waals surface area contributed by atoms with Gasteiger partial charge < -0.3 is 9.47 Å². The highest BCUT2D eigenvalue weighted by Gasteiger charge is 2.27. The summed E-state index contributed by atoms with van der Waals surface area (Å²) in [6, 6.07) is 5.95. The van der Waals surface area contributed by atoms with Crippen molar-refractivity contribution in [2.75, 3.05) is 13.1 Å². The number of likely N-dealkylation sites (tertiary alicyclic amines) is 1. The van der Waals surface area contributed by atoms with Crippen LogP contribution in [0.2, 0.25) is 0 Å². The van der Waals surface area contributed by atoms with Crippen LogP contribution in [0.1, 0.15) is 53.7 Å². The van der Waals surface area contributed by atoms with Crippen LogP contribution in [0.5, 0.6) is 0 Å². The van der Waals surface area contributed by atoms with Gasteiger partial charge in [0.25, 0.3) is 0 Å². The molecule has 0 aromatic carbocycles. The minimum Gasteiger partial charge on any atom is -0.342 e. The average Bonchev–Trinajstić information content (AvgIpc) is 3.34. The van der Waals surface area contributed by atoms with Gasteiger partial charge in [-0.25, -0.2) is 4.98 Å². The number of carbonyl (C=O) groups is 1. The molecule has 0 saturated carbocycles. The molecule has 1 aliphatic heterocycles. The molecule has 4 rings (SSSR count). The van der Waals surface area contributed by atoms with Crippen molar-refractivity contribution >= 4 is 5.91 Å². The second-order valence-corrected chi connectivity index (χ2v) is 7.83. The van der Waals surface area contributed by atoms with E-state index in [0.717, 1.165) is 54.4 Å². The molecule has 29 heavy (non-hydrogen) atoms. The fourth-order valence-electron chi connectivity index (χ4n) is 4.06. The third-order valence-corrected chi connectivity index (χ3v) is 5.88. The van der Waals surface area contributed by atoms with Crippen LogP contribution < -0.4 is 0 Å². The SMILES string of the molecule is Cc1[nH]nc(CCC(=O)N2CCC[C@@H](c3nccn3Cc3ccccn3)C2)c1C. The number of aryl methyl sites for hydroxylation is 2. The van der Waals surface area contributed by atoms with E-state index in [1.165, 1.54) is 0 Å². The molecule has 4 heterocycles. The first-order valence-corrected chi connectivity index (χ1v) is 10.3. The van der Waals surface area contributed by atoms with E-state index in [1.54, 1.807) is 0 Å². The largest absolute Gasteiger partial charge is 0.342 e. The summed E-state index contributed by atoms with van der Waals surface area (Å²) in [4.78, 5) is 23.9. The zero-order valence-electron chi connectivity index (χ0n) is 17.1. The maximum absolute atomic E-state index is 12.8. The summed E-state index contributed by atoms with van der Waals surface area (Å²) in [6.45, 7) is 6.33. The summed E-state index contributed by atoms with van der Waals surface area (Å²) >= 11 is 0. The molecule has 0 radical (unpaired) electrons. The number of pyridine rings is 1. The molecule has 1 atom stereocenters. The van der Waals surface area contributed by atoms with Gasteiger partial charge >= 0.3 is 0 Å². The van der Waals surface area contributed by atoms with E-state index in [-0.39, 0.29) is 11.8 Å². The molecule has 0 bridgehead atoms. The van der Waals surface area contributed by atoms with Gasteiger partial charge in [0.05, 0.1) is 17.9 Å². The highest BCUT2D eigenvalue weighted by molar-refractivity contribution is 5.76. The summed E-state index contributed by atoms with van der Waals surface area (Å²) in [5.41, 5.74) is 4.24. The number of aromatic nitrogens is 5. The quantitative estimate of drug-likeness (QED) is 0.699. The number of nitrogens with zero attached hydrogens (tertiary/aromatic N) is 5. The second kappa shape index (κ2) is 8.59. The van der Waals surface area contributed by atoms with Crippen molar-refractivity contribution in [3.8, 4) is 0 Å². The number of nitrogens with one attached hydrogen (secondary N) is 1. The molecule has 0 spiro atoms. The van der Waals surface area contributed by atoms with Gasteiger partial charge in [-0.3, -0.25) is 14.9 Å². The van der Waals surface area contributed by atoms with Gasteiger partial charge in [0, 0.05) is 56.1 Å². The molecule has 7 nitrogen and oxygen atoms in total. The Labute approximate surface area is 171 Å². The Bertz CT molecular complexity index is 961. The molecule has 1 fully saturated rings. The fraction of sp³-hybridized carbons (Fsp3) is 0.455. The van der Waals surface area contributed by atoms with Gasteiger partial charge in [-0.05, 0) is 44.4 Å². The van der Waals surface area contributed by atoms with E-state index >= 15 is 0 Å². The summed E-state index contributed by atoms with van der Waals surface area (Å²) in [6.07, 6.45) is 8.92. The van der Waals surface area contributed by atoms with Crippen LogP contribution in [0, 0.1) is 13.8 Å². The summed E-state index contributed by atoms with van der Waals surface area (Å²) < 4.78 is 2.16. The zero-order chi connectivity index (χ0) is 20.2. The molecule has 7 heteroatoms. The van der Waals surface area contributed by atoms with Crippen LogP contribution in [0.15, 0.2) is 36.8 Å². The molecule has 3 aromatic rings. The lowest BCUT2D eigenvalue weighted by molar-refractivity contribution is -0.132. The smallest absolute Gasteiger partial charge is 0.222 e. The van der Waals surface area contributed by atoms with Crippen LogP contribution >= 0.6 is 0 Å². The minimum absolute atomic E-state index is 0.206. The van der Waals surface area contributed by atoms with Gasteiger partial charge in [0.1, 0.15) is 5.82 Å². The third-order valence-electron chi connectivity index (χ3n) is 5.88. The molecule has 0 aliphatic carbocycles. The number of hydrogen-bond donors (Lipinski definition) is 1. The second-order valence-electron chi connectivity index (χ2n) is 7.83. The van der Waals surface area contributed by atoms with Crippen molar-refractivity contribution in [3.63, 3.8) is 0 Å². The summed E-state index contributed by atoms with van der Waals surface area (Å²) in [5.74, 6) is 1.52. The number of amides is 1. The first-order valence-electron chi connectivity index (χ1n) is 10.3. The van der Waals surface area contributed by atoms with E-state index in [0.29, 0.717) is 19.4 Å². The van der Waals surface area contributed by atoms with Crippen LogP contribution in [0.25, 0.3) is 0 Å². The molecule has 1 N–H and O–H groups in total. The van der Waals surface area contributed by atoms with E-state index in [2.05, 4.69) is 31.7 Å². The lowest BCUT2D eigenvalue weighted by Crippen LogP contribution is -2.40. The predicted molar refractivity (Wildman–Crippen MR) is 111 cm³/mol. The standard InChI is InChI=1S/C22H28N6O/c1-16-17(2)25-26-20(16)8-9-21(29)27-12-5-6-18(14-27)22-24-11-13-28(22)15-19-7-3-4-10-23-19/h3-4,7,10-11,13,18H,5-6,8-9,12,14-15H2,1-2H3,(H,25,26)/t18-/m1/s1. The van der Waals surface area contributed by atoms with Gasteiger partial charge in [-0.1, -0.05) is 6.07 Å². The molecular weight excluding hydrogens is 364 g/mol. The number of imidazole rings is 1. The summed E-state index contributed by atoms with van der Waals surface area (Å²) in [7, 11) is 0. The third kappa shape index (κ3) is 4.39. The number of hydrogen-bond acceptors (Lipinski definition) is 4. The van der Waals surface area contributed by atoms with E-state index < -0.39 is 0 Å². The van der Waals surface area contributed by atoms with Crippen molar-refractivity contribution in [1.29, 1.82) is 0 Å². The lowest BCUT2D eigenvalue weighted by Gasteiger charge is -2.32. The van der Waals surface area contributed by atoms with Crippen molar-refractivity contribution in [3.05, 3.63) is 65.3 Å². The Balaban J connectivity index is 1.39. The Morgan fingerprint density at radius 1 is 1.24 bits per heavy atom. The Morgan fingerprint density at radius 2 is 2.14 bits per heavy atom. The van der Waals surface area contributed by atoms with E-state index in [9.17, 15) is 4.79 Å². The molecule has 0 unspecified atom stereocenters. The Morgan fingerprint density at radius 3 is 2.90 bits per heavy atom. The maximum Gasteiger partial charge on any atom is 0.222 e. The first-order chi connectivity index (χ1) is 14.1. The normalized spacial score (nSPS) is 16.9. The van der Waals surface area contributed by atoms with Crippen LogP contribution in [-0.4, -0.2) is 48.6 Å². The van der Waals surface area contributed by atoms with Gasteiger partial charge in [-0.2, -0.15) is 5.10 Å². The number of aromatic amines is 1. The van der Waals surface area contributed by atoms with Crippen molar-refractivity contribution in [1.82, 2.24) is 29.6 Å². The molecule has 1 saturated heterocycles. The molecule has 1 aliphatic rings. The van der Waals surface area contributed by atoms with Crippen molar-refractivity contribution in [2.24, 2.45) is 0 Å². The maximum atomic E-state index is 12.8. The Hall–Kier alpha value is -2.96. The highest BCUT2D eigenvalue weighted by Crippen LogP contribution is 2.27. The monoisotopic (exact) mass is 392 g/mol. The highest BCUT2D eigenvalue weighted by atomic mass is 16.2. The molecular formula is C22H28N6O. The zero-order valence-corrected chi connectivity index (χ0v) is 17.1. The summed E-state index contributed by atoms with van der Waals surface area (Å²) in [5, 5.41) is 7.33.